The molecule has 0 aliphatic rings. The van der Waals surface area contributed by atoms with E-state index in [2.05, 4.69) is 5.32 Å². The van der Waals surface area contributed by atoms with Gasteiger partial charge in [-0.25, -0.2) is 0 Å². The maximum absolute atomic E-state index is 11.5. The lowest BCUT2D eigenvalue weighted by atomic mass is 10.2. The lowest BCUT2D eigenvalue weighted by Crippen LogP contribution is -2.36. The summed E-state index contributed by atoms with van der Waals surface area (Å²) in [4.78, 5) is 21.8. The Balaban J connectivity index is 2.55. The molecule has 0 fully saturated rings. The zero-order chi connectivity index (χ0) is 15.0. The number of para-hydroxylation sites is 2. The molecule has 1 atom stereocenters. The molecule has 110 valence electrons. The van der Waals surface area contributed by atoms with Crippen LogP contribution in [0.1, 0.15) is 13.3 Å². The molecule has 20 heavy (non-hydrogen) atoms. The zero-order valence-electron chi connectivity index (χ0n) is 11.5. The van der Waals surface area contributed by atoms with E-state index in [9.17, 15) is 14.9 Å². The fourth-order valence-electron chi connectivity index (χ4n) is 1.64. The number of carbonyl (C=O) groups is 1. The molecule has 1 aromatic carbocycles. The van der Waals surface area contributed by atoms with Crippen LogP contribution in [0.15, 0.2) is 24.3 Å². The summed E-state index contributed by atoms with van der Waals surface area (Å²) in [5.41, 5.74) is -0.0929. The summed E-state index contributed by atoms with van der Waals surface area (Å²) in [6.07, 6.45) is 0.362. The molecule has 0 saturated heterocycles. The van der Waals surface area contributed by atoms with Crippen LogP contribution in [0.3, 0.4) is 0 Å². The van der Waals surface area contributed by atoms with Gasteiger partial charge in [-0.3, -0.25) is 14.9 Å². The van der Waals surface area contributed by atoms with Gasteiger partial charge in [0.25, 0.3) is 0 Å². The molecular weight excluding hydrogens is 264 g/mol. The topological polar surface area (TPSA) is 90.7 Å². The van der Waals surface area contributed by atoms with Crippen molar-refractivity contribution in [3.63, 3.8) is 0 Å². The number of carbonyl (C=O) groups excluding carboxylic acids is 1. The molecule has 1 rings (SSSR count). The first-order chi connectivity index (χ1) is 9.60. The highest BCUT2D eigenvalue weighted by atomic mass is 16.6. The first kappa shape index (κ1) is 15.9. The molecule has 0 heterocycles. The molecule has 0 bridgehead atoms. The summed E-state index contributed by atoms with van der Waals surface area (Å²) in [6.45, 7) is 2.21. The lowest BCUT2D eigenvalue weighted by Gasteiger charge is -2.14. The third-order valence-corrected chi connectivity index (χ3v) is 2.65. The highest BCUT2D eigenvalue weighted by Gasteiger charge is 2.19. The van der Waals surface area contributed by atoms with Crippen LogP contribution in [0.4, 0.5) is 5.69 Å². The second kappa shape index (κ2) is 8.11. The first-order valence-electron chi connectivity index (χ1n) is 6.30. The highest BCUT2D eigenvalue weighted by molar-refractivity contribution is 5.75. The number of esters is 1. The molecule has 0 amide bonds. The average molecular weight is 282 g/mol. The summed E-state index contributed by atoms with van der Waals surface area (Å²) in [6, 6.07) is 5.63. The second-order valence-corrected chi connectivity index (χ2v) is 3.96. The van der Waals surface area contributed by atoms with Gasteiger partial charge in [0.05, 0.1) is 18.1 Å². The maximum Gasteiger partial charge on any atom is 0.323 e. The second-order valence-electron chi connectivity index (χ2n) is 3.96. The van der Waals surface area contributed by atoms with Crippen LogP contribution in [0, 0.1) is 10.1 Å². The highest BCUT2D eigenvalue weighted by Crippen LogP contribution is 2.25. The Morgan fingerprint density at radius 1 is 1.45 bits per heavy atom. The normalized spacial score (nSPS) is 11.7. The number of nitro benzene ring substituents is 1. The Morgan fingerprint density at radius 2 is 2.15 bits per heavy atom. The summed E-state index contributed by atoms with van der Waals surface area (Å²) in [5, 5.41) is 13.6. The van der Waals surface area contributed by atoms with Crippen LogP contribution in [0.25, 0.3) is 0 Å². The Morgan fingerprint density at radius 3 is 2.75 bits per heavy atom. The van der Waals surface area contributed by atoms with Gasteiger partial charge in [0.1, 0.15) is 6.04 Å². The van der Waals surface area contributed by atoms with Crippen molar-refractivity contribution in [1.29, 1.82) is 0 Å². The molecule has 7 heteroatoms. The van der Waals surface area contributed by atoms with Crippen molar-refractivity contribution >= 4 is 11.7 Å². The van der Waals surface area contributed by atoms with E-state index in [-0.39, 0.29) is 24.0 Å². The van der Waals surface area contributed by atoms with Crippen LogP contribution in [0.5, 0.6) is 5.75 Å². The van der Waals surface area contributed by atoms with Crippen molar-refractivity contribution in [1.82, 2.24) is 5.32 Å². The van der Waals surface area contributed by atoms with Crippen LogP contribution in [0.2, 0.25) is 0 Å². The molecule has 1 unspecified atom stereocenters. The molecule has 1 N–H and O–H groups in total. The van der Waals surface area contributed by atoms with E-state index in [1.807, 2.05) is 0 Å². The van der Waals surface area contributed by atoms with Gasteiger partial charge in [-0.2, -0.15) is 0 Å². The number of likely N-dealkylation sites (N-methyl/N-ethyl adjacent to an activating group) is 1. The number of nitrogens with zero attached hydrogens (tertiary/aromatic N) is 1. The number of nitrogens with one attached hydrogen (secondary N) is 1. The number of benzene rings is 1. The average Bonchev–Trinajstić information content (AvgIpc) is 2.44. The summed E-state index contributed by atoms with van der Waals surface area (Å²) >= 11 is 0. The lowest BCUT2D eigenvalue weighted by molar-refractivity contribution is -0.385. The first-order valence-corrected chi connectivity index (χ1v) is 6.30. The number of rotatable bonds is 8. The van der Waals surface area contributed by atoms with Gasteiger partial charge in [-0.05, 0) is 20.0 Å². The number of hydrogen-bond donors (Lipinski definition) is 1. The molecule has 0 radical (unpaired) electrons. The van der Waals surface area contributed by atoms with Crippen molar-refractivity contribution in [2.24, 2.45) is 0 Å². The van der Waals surface area contributed by atoms with Gasteiger partial charge in [0.2, 0.25) is 0 Å². The Hall–Kier alpha value is -2.15. The Bertz CT molecular complexity index is 464. The van der Waals surface area contributed by atoms with Crippen LogP contribution < -0.4 is 10.1 Å². The SMILES string of the molecule is CCOC(=O)C(CCOc1ccccc1[N+](=O)[O-])NC. The molecular formula is C13H18N2O5. The molecule has 0 saturated carbocycles. The minimum atomic E-state index is -0.504. The van der Waals surface area contributed by atoms with Gasteiger partial charge in [0.15, 0.2) is 5.75 Å². The predicted molar refractivity (Wildman–Crippen MR) is 72.7 cm³/mol. The number of ether oxygens (including phenoxy) is 2. The predicted octanol–water partition coefficient (Wildman–Crippen LogP) is 1.51. The van der Waals surface area contributed by atoms with Crippen LogP contribution in [-0.4, -0.2) is 37.2 Å². The zero-order valence-corrected chi connectivity index (χ0v) is 11.5. The summed E-state index contributed by atoms with van der Waals surface area (Å²) < 4.78 is 10.3. The standard InChI is InChI=1S/C13H18N2O5/c1-3-19-13(16)10(14-2)8-9-20-12-7-5-4-6-11(12)15(17)18/h4-7,10,14H,3,8-9H2,1-2H3. The van der Waals surface area contributed by atoms with Gasteiger partial charge >= 0.3 is 11.7 Å². The smallest absolute Gasteiger partial charge is 0.323 e. The van der Waals surface area contributed by atoms with E-state index in [1.54, 1.807) is 26.1 Å². The van der Waals surface area contributed by atoms with E-state index in [0.29, 0.717) is 13.0 Å². The molecule has 0 aliphatic heterocycles. The third kappa shape index (κ3) is 4.51. The largest absolute Gasteiger partial charge is 0.487 e. The molecule has 0 spiro atoms. The van der Waals surface area contributed by atoms with Gasteiger partial charge in [-0.15, -0.1) is 0 Å². The Labute approximate surface area is 117 Å². The maximum atomic E-state index is 11.5. The van der Waals surface area contributed by atoms with E-state index in [4.69, 9.17) is 9.47 Å². The minimum Gasteiger partial charge on any atom is -0.487 e. The van der Waals surface area contributed by atoms with Crippen molar-refractivity contribution in [3.8, 4) is 5.75 Å². The van der Waals surface area contributed by atoms with Crippen LogP contribution >= 0.6 is 0 Å². The minimum absolute atomic E-state index is 0.0929. The van der Waals surface area contributed by atoms with Crippen molar-refractivity contribution in [2.45, 2.75) is 19.4 Å². The molecule has 0 aliphatic carbocycles. The van der Waals surface area contributed by atoms with Crippen molar-refractivity contribution < 1.29 is 19.2 Å². The summed E-state index contributed by atoms with van der Waals surface area (Å²) in [7, 11) is 1.65. The number of hydrogen-bond acceptors (Lipinski definition) is 6. The van der Waals surface area contributed by atoms with E-state index >= 15 is 0 Å². The molecule has 1 aromatic rings. The fourth-order valence-corrected chi connectivity index (χ4v) is 1.64. The molecule has 7 nitrogen and oxygen atoms in total. The molecule has 0 aromatic heterocycles. The quantitative estimate of drug-likeness (QED) is 0.441. The van der Waals surface area contributed by atoms with Gasteiger partial charge in [0, 0.05) is 12.5 Å². The Kier molecular flexibility index (Phi) is 6.45. The monoisotopic (exact) mass is 282 g/mol. The number of nitro groups is 1. The van der Waals surface area contributed by atoms with Gasteiger partial charge < -0.3 is 14.8 Å². The fraction of sp³-hybridized carbons (Fsp3) is 0.462. The summed E-state index contributed by atoms with van der Waals surface area (Å²) in [5.74, 6) is -0.169. The van der Waals surface area contributed by atoms with E-state index in [1.165, 1.54) is 12.1 Å². The van der Waals surface area contributed by atoms with E-state index < -0.39 is 11.0 Å². The van der Waals surface area contributed by atoms with Gasteiger partial charge in [-0.1, -0.05) is 12.1 Å². The van der Waals surface area contributed by atoms with E-state index in [0.717, 1.165) is 0 Å². The van der Waals surface area contributed by atoms with Crippen molar-refractivity contribution in [3.05, 3.63) is 34.4 Å². The van der Waals surface area contributed by atoms with Crippen LogP contribution in [-0.2, 0) is 9.53 Å². The third-order valence-electron chi connectivity index (χ3n) is 2.65. The van der Waals surface area contributed by atoms with Crippen molar-refractivity contribution in [2.75, 3.05) is 20.3 Å².